The molecule has 0 radical (unpaired) electrons. The molecule has 0 bridgehead atoms. The van der Waals surface area contributed by atoms with Crippen molar-refractivity contribution >= 4 is 35.2 Å². The molecule has 0 fully saturated rings. The predicted molar refractivity (Wildman–Crippen MR) is 128 cm³/mol. The normalized spacial score (nSPS) is 12.5. The van der Waals surface area contributed by atoms with Crippen LogP contribution in [0.2, 0.25) is 0 Å². The van der Waals surface area contributed by atoms with Crippen LogP contribution >= 0.6 is 0 Å². The second kappa shape index (κ2) is 12.5. The van der Waals surface area contributed by atoms with Crippen LogP contribution in [-0.4, -0.2) is 66.7 Å². The fourth-order valence-corrected chi connectivity index (χ4v) is 2.29. The maximum Gasteiger partial charge on any atom is 0.257 e. The van der Waals surface area contributed by atoms with Crippen molar-refractivity contribution in [2.75, 3.05) is 32.5 Å². The van der Waals surface area contributed by atoms with Crippen LogP contribution < -0.4 is 11.1 Å². The van der Waals surface area contributed by atoms with E-state index in [1.807, 2.05) is 25.2 Å². The lowest BCUT2D eigenvalue weighted by Gasteiger charge is -2.15. The summed E-state index contributed by atoms with van der Waals surface area (Å²) >= 11 is 0. The molecule has 1 rings (SSSR count). The van der Waals surface area contributed by atoms with E-state index in [-0.39, 0.29) is 47.7 Å². The van der Waals surface area contributed by atoms with E-state index in [1.165, 1.54) is 11.0 Å². The molecule has 6 N–H and O–H groups in total. The van der Waals surface area contributed by atoms with E-state index in [0.717, 1.165) is 11.8 Å². The number of nitrogens with two attached hydrogens (primary N) is 1. The molecule has 0 aliphatic rings. The number of carbonyl (C=O) groups excluding carboxylic acids is 1. The van der Waals surface area contributed by atoms with E-state index in [9.17, 15) is 9.90 Å². The van der Waals surface area contributed by atoms with Gasteiger partial charge in [-0.1, -0.05) is 36.9 Å². The van der Waals surface area contributed by atoms with Crippen molar-refractivity contribution in [1.29, 1.82) is 10.8 Å². The summed E-state index contributed by atoms with van der Waals surface area (Å²) in [5.74, 6) is -0.603. The minimum absolute atomic E-state index is 0.0111. The van der Waals surface area contributed by atoms with Gasteiger partial charge in [-0.05, 0) is 24.6 Å². The van der Waals surface area contributed by atoms with Crippen LogP contribution in [-0.2, 0) is 0 Å². The van der Waals surface area contributed by atoms with Gasteiger partial charge in [0.05, 0.1) is 36.3 Å². The first-order valence-electron chi connectivity index (χ1n) is 9.43. The van der Waals surface area contributed by atoms with Gasteiger partial charge in [-0.3, -0.25) is 15.2 Å². The van der Waals surface area contributed by atoms with Gasteiger partial charge in [-0.2, -0.15) is 0 Å². The van der Waals surface area contributed by atoms with Crippen LogP contribution in [0.1, 0.15) is 17.3 Å². The van der Waals surface area contributed by atoms with Crippen molar-refractivity contribution in [3.63, 3.8) is 0 Å². The number of phenols is 1. The quantitative estimate of drug-likeness (QED) is 0.170. The summed E-state index contributed by atoms with van der Waals surface area (Å²) in [6.07, 6.45) is 8.07. The summed E-state index contributed by atoms with van der Waals surface area (Å²) < 4.78 is 0. The summed E-state index contributed by atoms with van der Waals surface area (Å²) in [5, 5.41) is 28.9. The molecule has 9 heteroatoms. The van der Waals surface area contributed by atoms with E-state index in [4.69, 9.17) is 16.6 Å². The Labute approximate surface area is 182 Å². The summed E-state index contributed by atoms with van der Waals surface area (Å²) in [6.45, 7) is 5.81. The molecule has 0 heterocycles. The van der Waals surface area contributed by atoms with Crippen molar-refractivity contribution in [1.82, 2.24) is 4.90 Å². The number of aliphatic imine (C=N–C) groups is 2. The topological polar surface area (TPSA) is 151 Å². The standard InChI is InChI=1S/C22H29N7O2/c1-5-7-9-15(6-2)13-27-21(28-19(25)12-23)17(24)14-26-18-11-8-10-16(20(18)30)22(31)29(3)4/h5-12,23-24,26,30H,2,13-14H2,1,3-4H3,(H2,25,27,28)/b7-5-,15-9+,23-12?,24-17?. The zero-order valence-electron chi connectivity index (χ0n) is 18.0. The molecule has 9 nitrogen and oxygen atoms in total. The van der Waals surface area contributed by atoms with Gasteiger partial charge in [0.25, 0.3) is 5.91 Å². The summed E-state index contributed by atoms with van der Waals surface area (Å²) in [4.78, 5) is 21.9. The molecule has 0 atom stereocenters. The third-order valence-electron chi connectivity index (χ3n) is 3.96. The van der Waals surface area contributed by atoms with Crippen LogP contribution in [0.25, 0.3) is 0 Å². The molecule has 31 heavy (non-hydrogen) atoms. The van der Waals surface area contributed by atoms with Crippen LogP contribution in [0.5, 0.6) is 5.75 Å². The summed E-state index contributed by atoms with van der Waals surface area (Å²) in [6, 6.07) is 4.74. The lowest BCUT2D eigenvalue weighted by molar-refractivity contribution is 0.0824. The highest BCUT2D eigenvalue weighted by molar-refractivity contribution is 6.45. The molecule has 0 saturated heterocycles. The minimum atomic E-state index is -0.341. The molecular weight excluding hydrogens is 394 g/mol. The maximum atomic E-state index is 12.2. The number of benzene rings is 1. The van der Waals surface area contributed by atoms with E-state index in [1.54, 1.807) is 32.3 Å². The van der Waals surface area contributed by atoms with Gasteiger partial charge in [0.1, 0.15) is 5.84 Å². The molecule has 0 unspecified atom stereocenters. The van der Waals surface area contributed by atoms with Crippen molar-refractivity contribution < 1.29 is 9.90 Å². The number of anilines is 1. The fraction of sp³-hybridized carbons (Fsp3) is 0.227. The van der Waals surface area contributed by atoms with Crippen molar-refractivity contribution in [3.8, 4) is 5.75 Å². The molecule has 0 spiro atoms. The van der Waals surface area contributed by atoms with Gasteiger partial charge in [-0.15, -0.1) is 0 Å². The number of carbonyl (C=O) groups is 1. The number of para-hydroxylation sites is 1. The Morgan fingerprint density at radius 3 is 2.68 bits per heavy atom. The zero-order chi connectivity index (χ0) is 23.4. The average Bonchev–Trinajstić information content (AvgIpc) is 2.76. The van der Waals surface area contributed by atoms with E-state index in [0.29, 0.717) is 5.69 Å². The van der Waals surface area contributed by atoms with Crippen LogP contribution in [0, 0.1) is 10.8 Å². The second-order valence-corrected chi connectivity index (χ2v) is 6.53. The smallest absolute Gasteiger partial charge is 0.257 e. The highest BCUT2D eigenvalue weighted by atomic mass is 16.3. The minimum Gasteiger partial charge on any atom is -0.505 e. The number of hydrogen-bond acceptors (Lipinski definition) is 6. The Balaban J connectivity index is 3.09. The number of rotatable bonds is 10. The van der Waals surface area contributed by atoms with Gasteiger partial charge < -0.3 is 26.5 Å². The van der Waals surface area contributed by atoms with Gasteiger partial charge >= 0.3 is 0 Å². The monoisotopic (exact) mass is 423 g/mol. The molecule has 1 aromatic rings. The third-order valence-corrected chi connectivity index (χ3v) is 3.96. The molecule has 0 saturated carbocycles. The van der Waals surface area contributed by atoms with Crippen molar-refractivity contribution in [3.05, 3.63) is 60.2 Å². The number of hydrogen-bond donors (Lipinski definition) is 5. The molecule has 0 aliphatic heterocycles. The predicted octanol–water partition coefficient (Wildman–Crippen LogP) is 2.62. The first kappa shape index (κ1) is 25.0. The third kappa shape index (κ3) is 7.73. The van der Waals surface area contributed by atoms with Gasteiger partial charge in [-0.25, -0.2) is 4.99 Å². The van der Waals surface area contributed by atoms with Crippen LogP contribution in [0.15, 0.2) is 64.6 Å². The Bertz CT molecular complexity index is 957. The molecule has 0 aliphatic carbocycles. The zero-order valence-corrected chi connectivity index (χ0v) is 18.0. The lowest BCUT2D eigenvalue weighted by atomic mass is 10.1. The largest absolute Gasteiger partial charge is 0.505 e. The van der Waals surface area contributed by atoms with Gasteiger partial charge in [0, 0.05) is 14.1 Å². The van der Waals surface area contributed by atoms with Crippen molar-refractivity contribution in [2.45, 2.75) is 6.92 Å². The average molecular weight is 424 g/mol. The van der Waals surface area contributed by atoms with Crippen LogP contribution in [0.3, 0.4) is 0 Å². The van der Waals surface area contributed by atoms with E-state index in [2.05, 4.69) is 21.9 Å². The van der Waals surface area contributed by atoms with Crippen molar-refractivity contribution in [2.24, 2.45) is 15.7 Å². The molecule has 0 aromatic heterocycles. The Morgan fingerprint density at radius 1 is 1.39 bits per heavy atom. The number of allylic oxidation sites excluding steroid dienone is 3. The number of phenolic OH excluding ortho intramolecular Hbond substituents is 1. The molecule has 1 amide bonds. The number of amides is 1. The fourth-order valence-electron chi connectivity index (χ4n) is 2.29. The number of amidine groups is 2. The molecule has 164 valence electrons. The lowest BCUT2D eigenvalue weighted by Crippen LogP contribution is -2.25. The van der Waals surface area contributed by atoms with Crippen LogP contribution in [0.4, 0.5) is 5.69 Å². The number of nitrogens with zero attached hydrogens (tertiary/aromatic N) is 3. The van der Waals surface area contributed by atoms with E-state index >= 15 is 0 Å². The maximum absolute atomic E-state index is 12.2. The number of nitrogens with one attached hydrogen (secondary N) is 3. The Morgan fingerprint density at radius 2 is 2.10 bits per heavy atom. The molecule has 1 aromatic carbocycles. The second-order valence-electron chi connectivity index (χ2n) is 6.53. The first-order valence-corrected chi connectivity index (χ1v) is 9.43. The van der Waals surface area contributed by atoms with E-state index < -0.39 is 0 Å². The van der Waals surface area contributed by atoms with Gasteiger partial charge in [0.2, 0.25) is 0 Å². The molecular formula is C22H29N7O2. The SMILES string of the molecule is C=C/C(=C\C=C/C)CN=C(N=C(N)C=N)C(=N)CNc1cccc(C(=O)N(C)C)c1O. The first-order chi connectivity index (χ1) is 14.7. The number of aromatic hydroxyl groups is 1. The highest BCUT2D eigenvalue weighted by Gasteiger charge is 2.16. The highest BCUT2D eigenvalue weighted by Crippen LogP contribution is 2.28. The Kier molecular flexibility index (Phi) is 10.1. The summed E-state index contributed by atoms with van der Waals surface area (Å²) in [5.41, 5.74) is 6.86. The van der Waals surface area contributed by atoms with Gasteiger partial charge in [0.15, 0.2) is 11.6 Å². The summed E-state index contributed by atoms with van der Waals surface area (Å²) in [7, 11) is 3.18. The Hall–Kier alpha value is -4.01.